The molecular formula is C12H16N2O2. The van der Waals surface area contributed by atoms with Crippen molar-refractivity contribution < 1.29 is 8.83 Å². The van der Waals surface area contributed by atoms with Crippen LogP contribution >= 0.6 is 0 Å². The summed E-state index contributed by atoms with van der Waals surface area (Å²) in [4.78, 5) is 4.29. The van der Waals surface area contributed by atoms with Gasteiger partial charge in [-0.15, -0.1) is 0 Å². The van der Waals surface area contributed by atoms with Crippen LogP contribution in [0.5, 0.6) is 0 Å². The Labute approximate surface area is 94.7 Å². The van der Waals surface area contributed by atoms with Gasteiger partial charge in [0.1, 0.15) is 11.5 Å². The van der Waals surface area contributed by atoms with Gasteiger partial charge in [-0.3, -0.25) is 0 Å². The standard InChI is InChI=1S/C12H16N2O2/c1-8-4-5-15-11(8)6-13-7-12-14-9(2)10(3)16-12/h4-5,13H,6-7H2,1-3H3. The first kappa shape index (κ1) is 11.0. The lowest BCUT2D eigenvalue weighted by Gasteiger charge is -1.99. The summed E-state index contributed by atoms with van der Waals surface area (Å²) in [7, 11) is 0. The van der Waals surface area contributed by atoms with E-state index in [1.165, 1.54) is 0 Å². The second kappa shape index (κ2) is 4.53. The van der Waals surface area contributed by atoms with Crippen LogP contribution < -0.4 is 5.32 Å². The average Bonchev–Trinajstić information content (AvgIpc) is 2.76. The Kier molecular flexibility index (Phi) is 3.10. The Balaban J connectivity index is 1.87. The second-order valence-electron chi connectivity index (χ2n) is 3.88. The molecule has 0 aromatic carbocycles. The van der Waals surface area contributed by atoms with Crippen molar-refractivity contribution in [2.45, 2.75) is 33.9 Å². The van der Waals surface area contributed by atoms with Crippen molar-refractivity contribution in [3.05, 3.63) is 41.0 Å². The molecule has 0 saturated heterocycles. The number of hydrogen-bond acceptors (Lipinski definition) is 4. The highest BCUT2D eigenvalue weighted by Crippen LogP contribution is 2.10. The van der Waals surface area contributed by atoms with Crippen molar-refractivity contribution in [3.8, 4) is 0 Å². The zero-order chi connectivity index (χ0) is 11.5. The van der Waals surface area contributed by atoms with Crippen molar-refractivity contribution in [1.82, 2.24) is 10.3 Å². The van der Waals surface area contributed by atoms with E-state index in [1.54, 1.807) is 6.26 Å². The van der Waals surface area contributed by atoms with Crippen molar-refractivity contribution in [1.29, 1.82) is 0 Å². The van der Waals surface area contributed by atoms with Gasteiger partial charge in [0.05, 0.1) is 25.0 Å². The van der Waals surface area contributed by atoms with Crippen LogP contribution in [-0.4, -0.2) is 4.98 Å². The molecule has 86 valence electrons. The molecule has 4 heteroatoms. The molecular weight excluding hydrogens is 204 g/mol. The molecule has 0 aliphatic rings. The third-order valence-corrected chi connectivity index (χ3v) is 2.60. The van der Waals surface area contributed by atoms with Crippen LogP contribution in [0.4, 0.5) is 0 Å². The van der Waals surface area contributed by atoms with Gasteiger partial charge in [-0.2, -0.15) is 0 Å². The fourth-order valence-corrected chi connectivity index (χ4v) is 1.48. The number of rotatable bonds is 4. The fourth-order valence-electron chi connectivity index (χ4n) is 1.48. The first-order valence-corrected chi connectivity index (χ1v) is 5.33. The van der Waals surface area contributed by atoms with E-state index in [9.17, 15) is 0 Å². The number of furan rings is 1. The minimum absolute atomic E-state index is 0.620. The second-order valence-corrected chi connectivity index (χ2v) is 3.88. The zero-order valence-corrected chi connectivity index (χ0v) is 9.83. The van der Waals surface area contributed by atoms with Gasteiger partial charge in [0, 0.05) is 0 Å². The first-order chi connectivity index (χ1) is 7.66. The van der Waals surface area contributed by atoms with Gasteiger partial charge in [0.15, 0.2) is 0 Å². The Bertz CT molecular complexity index is 452. The van der Waals surface area contributed by atoms with Gasteiger partial charge < -0.3 is 14.2 Å². The predicted molar refractivity (Wildman–Crippen MR) is 60.0 cm³/mol. The number of nitrogens with zero attached hydrogens (tertiary/aromatic N) is 1. The molecule has 0 aliphatic heterocycles. The van der Waals surface area contributed by atoms with Crippen LogP contribution in [0.3, 0.4) is 0 Å². The summed E-state index contributed by atoms with van der Waals surface area (Å²) >= 11 is 0. The lowest BCUT2D eigenvalue weighted by molar-refractivity contribution is 0.430. The van der Waals surface area contributed by atoms with Crippen LogP contribution in [0.25, 0.3) is 0 Å². The van der Waals surface area contributed by atoms with Gasteiger partial charge in [0.25, 0.3) is 0 Å². The van der Waals surface area contributed by atoms with Crippen molar-refractivity contribution >= 4 is 0 Å². The highest BCUT2D eigenvalue weighted by molar-refractivity contribution is 5.14. The molecule has 4 nitrogen and oxygen atoms in total. The van der Waals surface area contributed by atoms with Crippen LogP contribution in [0.15, 0.2) is 21.2 Å². The van der Waals surface area contributed by atoms with Gasteiger partial charge in [0.2, 0.25) is 5.89 Å². The molecule has 2 rings (SSSR count). The summed E-state index contributed by atoms with van der Waals surface area (Å²) in [5.74, 6) is 2.56. The van der Waals surface area contributed by atoms with E-state index in [2.05, 4.69) is 10.3 Å². The van der Waals surface area contributed by atoms with Crippen molar-refractivity contribution in [3.63, 3.8) is 0 Å². The van der Waals surface area contributed by atoms with Crippen LogP contribution in [-0.2, 0) is 13.1 Å². The Morgan fingerprint density at radius 1 is 1.25 bits per heavy atom. The average molecular weight is 220 g/mol. The normalized spacial score (nSPS) is 10.9. The van der Waals surface area contributed by atoms with E-state index in [-0.39, 0.29) is 0 Å². The van der Waals surface area contributed by atoms with E-state index in [4.69, 9.17) is 8.83 Å². The highest BCUT2D eigenvalue weighted by atomic mass is 16.4. The summed E-state index contributed by atoms with van der Waals surface area (Å²) in [6, 6.07) is 1.95. The number of oxazole rings is 1. The fraction of sp³-hybridized carbons (Fsp3) is 0.417. The van der Waals surface area contributed by atoms with Gasteiger partial charge >= 0.3 is 0 Å². The van der Waals surface area contributed by atoms with E-state index in [0.29, 0.717) is 13.1 Å². The van der Waals surface area contributed by atoms with E-state index >= 15 is 0 Å². The third kappa shape index (κ3) is 2.33. The topological polar surface area (TPSA) is 51.2 Å². The molecule has 2 heterocycles. The molecule has 0 amide bonds. The molecule has 0 unspecified atom stereocenters. The Morgan fingerprint density at radius 3 is 2.62 bits per heavy atom. The van der Waals surface area contributed by atoms with Crippen LogP contribution in [0.1, 0.15) is 28.7 Å². The van der Waals surface area contributed by atoms with Crippen molar-refractivity contribution in [2.24, 2.45) is 0 Å². The summed E-state index contributed by atoms with van der Waals surface area (Å²) in [5.41, 5.74) is 2.11. The summed E-state index contributed by atoms with van der Waals surface area (Å²) in [5, 5.41) is 3.24. The van der Waals surface area contributed by atoms with Crippen molar-refractivity contribution in [2.75, 3.05) is 0 Å². The maximum Gasteiger partial charge on any atom is 0.208 e. The quantitative estimate of drug-likeness (QED) is 0.860. The Hall–Kier alpha value is -1.55. The number of nitrogens with one attached hydrogen (secondary N) is 1. The van der Waals surface area contributed by atoms with Gasteiger partial charge in [-0.05, 0) is 32.4 Å². The summed E-state index contributed by atoms with van der Waals surface area (Å²) in [6.07, 6.45) is 1.70. The van der Waals surface area contributed by atoms with E-state index in [1.807, 2.05) is 26.8 Å². The minimum atomic E-state index is 0.620. The number of hydrogen-bond donors (Lipinski definition) is 1. The summed E-state index contributed by atoms with van der Waals surface area (Å²) < 4.78 is 10.8. The zero-order valence-electron chi connectivity index (χ0n) is 9.83. The smallest absolute Gasteiger partial charge is 0.208 e. The van der Waals surface area contributed by atoms with Gasteiger partial charge in [-0.25, -0.2) is 4.98 Å². The molecule has 0 atom stereocenters. The van der Waals surface area contributed by atoms with Crippen LogP contribution in [0, 0.1) is 20.8 Å². The maximum atomic E-state index is 5.46. The molecule has 0 aliphatic carbocycles. The molecule has 0 saturated carbocycles. The minimum Gasteiger partial charge on any atom is -0.468 e. The number of aryl methyl sites for hydroxylation is 3. The molecule has 1 N–H and O–H groups in total. The highest BCUT2D eigenvalue weighted by Gasteiger charge is 2.06. The van der Waals surface area contributed by atoms with Crippen LogP contribution in [0.2, 0.25) is 0 Å². The first-order valence-electron chi connectivity index (χ1n) is 5.33. The molecule has 2 aromatic rings. The Morgan fingerprint density at radius 2 is 2.06 bits per heavy atom. The predicted octanol–water partition coefficient (Wildman–Crippen LogP) is 2.48. The number of aromatic nitrogens is 1. The lowest BCUT2D eigenvalue weighted by atomic mass is 10.3. The SMILES string of the molecule is Cc1ccoc1CNCc1nc(C)c(C)o1. The van der Waals surface area contributed by atoms with E-state index < -0.39 is 0 Å². The third-order valence-electron chi connectivity index (χ3n) is 2.60. The summed E-state index contributed by atoms with van der Waals surface area (Å²) in [6.45, 7) is 7.20. The molecule has 0 bridgehead atoms. The molecule has 0 radical (unpaired) electrons. The van der Waals surface area contributed by atoms with Gasteiger partial charge in [-0.1, -0.05) is 0 Å². The maximum absolute atomic E-state index is 5.46. The van der Waals surface area contributed by atoms with E-state index in [0.717, 1.165) is 28.7 Å². The monoisotopic (exact) mass is 220 g/mol. The molecule has 2 aromatic heterocycles. The molecule has 16 heavy (non-hydrogen) atoms. The largest absolute Gasteiger partial charge is 0.468 e. The molecule has 0 fully saturated rings. The molecule has 0 spiro atoms. The lowest BCUT2D eigenvalue weighted by Crippen LogP contribution is -2.13.